The molecular formula is C15H18O15. The molecule has 0 saturated carbocycles. The number of carboxylic acids is 6. The van der Waals surface area contributed by atoms with Crippen LogP contribution in [0.3, 0.4) is 0 Å². The molecule has 0 saturated heterocycles. The third-order valence-corrected chi connectivity index (χ3v) is 2.41. The summed E-state index contributed by atoms with van der Waals surface area (Å²) in [6.07, 6.45) is -2.60. The molecule has 0 aliphatic carbocycles. The number of aliphatic carboxylic acids is 6. The molecule has 0 radical (unpaired) electrons. The van der Waals surface area contributed by atoms with Gasteiger partial charge in [-0.05, 0) is 0 Å². The van der Waals surface area contributed by atoms with Crippen LogP contribution < -0.4 is 0 Å². The molecule has 0 atom stereocenters. The van der Waals surface area contributed by atoms with E-state index in [0.29, 0.717) is 0 Å². The molecule has 0 unspecified atom stereocenters. The number of Topliss-reactive ketones (excluding diaryl/α,β-unsaturated/α-hetero) is 3. The summed E-state index contributed by atoms with van der Waals surface area (Å²) >= 11 is 0. The van der Waals surface area contributed by atoms with Crippen LogP contribution in [0.1, 0.15) is 38.5 Å². The first-order valence-corrected chi connectivity index (χ1v) is 7.55. The topological polar surface area (TPSA) is 275 Å². The van der Waals surface area contributed by atoms with Gasteiger partial charge in [0, 0.05) is 19.3 Å². The van der Waals surface area contributed by atoms with Gasteiger partial charge in [-0.25, -0.2) is 14.4 Å². The second-order valence-electron chi connectivity index (χ2n) is 4.87. The lowest BCUT2D eigenvalue weighted by Crippen LogP contribution is -2.13. The molecule has 0 bridgehead atoms. The highest BCUT2D eigenvalue weighted by Gasteiger charge is 2.13. The van der Waals surface area contributed by atoms with Crippen molar-refractivity contribution in [2.24, 2.45) is 0 Å². The summed E-state index contributed by atoms with van der Waals surface area (Å²) in [6.45, 7) is 0. The van der Waals surface area contributed by atoms with Crippen molar-refractivity contribution >= 4 is 53.2 Å². The van der Waals surface area contributed by atoms with Gasteiger partial charge in [-0.1, -0.05) is 0 Å². The van der Waals surface area contributed by atoms with Gasteiger partial charge in [0.2, 0.25) is 17.3 Å². The quantitative estimate of drug-likeness (QED) is 0.189. The average molecular weight is 438 g/mol. The molecule has 0 aliphatic heterocycles. The monoisotopic (exact) mass is 438 g/mol. The van der Waals surface area contributed by atoms with Crippen molar-refractivity contribution in [3.63, 3.8) is 0 Å². The highest BCUT2D eigenvalue weighted by molar-refractivity contribution is 6.33. The van der Waals surface area contributed by atoms with Crippen LogP contribution in [0.15, 0.2) is 0 Å². The molecule has 0 aliphatic rings. The van der Waals surface area contributed by atoms with E-state index >= 15 is 0 Å². The van der Waals surface area contributed by atoms with Gasteiger partial charge in [0.05, 0.1) is 19.3 Å². The van der Waals surface area contributed by atoms with Crippen LogP contribution in [0, 0.1) is 0 Å². The molecular weight excluding hydrogens is 420 g/mol. The van der Waals surface area contributed by atoms with Crippen molar-refractivity contribution in [3.8, 4) is 0 Å². The Kier molecular flexibility index (Phi) is 17.3. The summed E-state index contributed by atoms with van der Waals surface area (Å²) in [5.41, 5.74) is 0. The SMILES string of the molecule is O=C(O)CCC(=O)C(=O)O.O=C(O)CCC(=O)C(=O)O.O=C(O)CCC(=O)C(=O)O. The molecule has 30 heavy (non-hydrogen) atoms. The van der Waals surface area contributed by atoms with Gasteiger partial charge in [-0.2, -0.15) is 0 Å². The number of hydrogen-bond donors (Lipinski definition) is 6. The fourth-order valence-electron chi connectivity index (χ4n) is 0.982. The lowest BCUT2D eigenvalue weighted by molar-refractivity contribution is -0.150. The van der Waals surface area contributed by atoms with Crippen LogP contribution in [0.4, 0.5) is 0 Å². The van der Waals surface area contributed by atoms with E-state index in [1.54, 1.807) is 0 Å². The summed E-state index contributed by atoms with van der Waals surface area (Å²) < 4.78 is 0. The second kappa shape index (κ2) is 17.0. The molecule has 0 fully saturated rings. The molecule has 0 aromatic heterocycles. The van der Waals surface area contributed by atoms with Crippen LogP contribution in [-0.2, 0) is 43.2 Å². The molecule has 0 heterocycles. The summed E-state index contributed by atoms with van der Waals surface area (Å²) in [5, 5.41) is 47.9. The van der Waals surface area contributed by atoms with Gasteiger partial charge in [-0.15, -0.1) is 0 Å². The van der Waals surface area contributed by atoms with Gasteiger partial charge in [0.25, 0.3) is 0 Å². The van der Waals surface area contributed by atoms with Crippen molar-refractivity contribution in [3.05, 3.63) is 0 Å². The number of carboxylic acid groups (broad SMARTS) is 6. The van der Waals surface area contributed by atoms with Gasteiger partial charge in [0.1, 0.15) is 0 Å². The predicted octanol–water partition coefficient (Wildman–Crippen LogP) is -1.49. The van der Waals surface area contributed by atoms with Crippen molar-refractivity contribution < 1.29 is 73.8 Å². The van der Waals surface area contributed by atoms with Gasteiger partial charge >= 0.3 is 35.8 Å². The number of ketones is 3. The van der Waals surface area contributed by atoms with Crippen LogP contribution in [0.5, 0.6) is 0 Å². The molecule has 168 valence electrons. The van der Waals surface area contributed by atoms with E-state index < -0.39 is 91.7 Å². The summed E-state index contributed by atoms with van der Waals surface area (Å²) in [4.78, 5) is 89.2. The lowest BCUT2D eigenvalue weighted by atomic mass is 10.2. The Bertz CT molecular complexity index is 608. The van der Waals surface area contributed by atoms with E-state index in [2.05, 4.69) is 0 Å². The minimum absolute atomic E-state index is 0.425. The Morgan fingerprint density at radius 2 is 0.500 bits per heavy atom. The average Bonchev–Trinajstić information content (AvgIpc) is 2.62. The van der Waals surface area contributed by atoms with Gasteiger partial charge in [-0.3, -0.25) is 28.8 Å². The Morgan fingerprint density at radius 3 is 0.600 bits per heavy atom. The van der Waals surface area contributed by atoms with Crippen molar-refractivity contribution in [2.75, 3.05) is 0 Å². The highest BCUT2D eigenvalue weighted by Crippen LogP contribution is 1.91. The summed E-state index contributed by atoms with van der Waals surface area (Å²) in [5.74, 6) is -11.5. The summed E-state index contributed by atoms with van der Waals surface area (Å²) in [6, 6.07) is 0. The molecule has 0 rings (SSSR count). The molecule has 0 aromatic carbocycles. The lowest BCUT2D eigenvalue weighted by Gasteiger charge is -1.88. The van der Waals surface area contributed by atoms with E-state index in [0.717, 1.165) is 0 Å². The first-order valence-electron chi connectivity index (χ1n) is 7.55. The largest absolute Gasteiger partial charge is 0.481 e. The molecule has 0 amide bonds. The zero-order valence-corrected chi connectivity index (χ0v) is 15.1. The Balaban J connectivity index is -0.000000364. The zero-order valence-electron chi connectivity index (χ0n) is 15.1. The normalized spacial score (nSPS) is 8.80. The maximum Gasteiger partial charge on any atom is 0.372 e. The number of carbonyl (C=O) groups excluding carboxylic acids is 3. The smallest absolute Gasteiger partial charge is 0.372 e. The van der Waals surface area contributed by atoms with E-state index in [9.17, 15) is 43.2 Å². The zero-order chi connectivity index (χ0) is 24.4. The Hall–Kier alpha value is -4.17. The van der Waals surface area contributed by atoms with E-state index in [-0.39, 0.29) is 0 Å². The molecule has 15 heteroatoms. The first kappa shape index (κ1) is 30.6. The first-order chi connectivity index (χ1) is 13.6. The van der Waals surface area contributed by atoms with Crippen LogP contribution in [-0.4, -0.2) is 83.8 Å². The van der Waals surface area contributed by atoms with Crippen LogP contribution >= 0.6 is 0 Å². The van der Waals surface area contributed by atoms with Gasteiger partial charge < -0.3 is 30.6 Å². The fraction of sp³-hybridized carbons (Fsp3) is 0.400. The highest BCUT2D eigenvalue weighted by atomic mass is 16.4. The second-order valence-corrected chi connectivity index (χ2v) is 4.87. The van der Waals surface area contributed by atoms with Crippen LogP contribution in [0.2, 0.25) is 0 Å². The minimum atomic E-state index is -1.58. The molecule has 0 aromatic rings. The maximum absolute atomic E-state index is 10.2. The van der Waals surface area contributed by atoms with Crippen molar-refractivity contribution in [1.82, 2.24) is 0 Å². The third kappa shape index (κ3) is 23.8. The van der Waals surface area contributed by atoms with E-state index in [1.165, 1.54) is 0 Å². The maximum atomic E-state index is 10.2. The Morgan fingerprint density at radius 1 is 0.333 bits per heavy atom. The van der Waals surface area contributed by atoms with Gasteiger partial charge in [0.15, 0.2) is 0 Å². The summed E-state index contributed by atoms with van der Waals surface area (Å²) in [7, 11) is 0. The standard InChI is InChI=1S/3C5H6O5/c3*6-3(5(9)10)1-2-4(7)8/h3*1-2H2,(H,7,8)(H,9,10). The number of carbonyl (C=O) groups is 9. The number of rotatable bonds is 12. The van der Waals surface area contributed by atoms with Crippen LogP contribution in [0.25, 0.3) is 0 Å². The predicted molar refractivity (Wildman–Crippen MR) is 88.5 cm³/mol. The fourth-order valence-corrected chi connectivity index (χ4v) is 0.982. The van der Waals surface area contributed by atoms with E-state index in [4.69, 9.17) is 30.6 Å². The van der Waals surface area contributed by atoms with Crippen molar-refractivity contribution in [2.45, 2.75) is 38.5 Å². The molecule has 15 nitrogen and oxygen atoms in total. The third-order valence-electron chi connectivity index (χ3n) is 2.41. The molecule has 6 N–H and O–H groups in total. The van der Waals surface area contributed by atoms with E-state index in [1.807, 2.05) is 0 Å². The van der Waals surface area contributed by atoms with Crippen molar-refractivity contribution in [1.29, 1.82) is 0 Å². The Labute approximate surface area is 166 Å². The minimum Gasteiger partial charge on any atom is -0.481 e. The molecule has 0 spiro atoms. The number of hydrogen-bond acceptors (Lipinski definition) is 9.